The number of halogens is 3. The number of hydrogen-bond acceptors (Lipinski definition) is 2. The summed E-state index contributed by atoms with van der Waals surface area (Å²) in [4.78, 5) is 3.45. The van der Waals surface area contributed by atoms with Crippen LogP contribution in [0.5, 0.6) is 0 Å². The molecule has 0 atom stereocenters. The quantitative estimate of drug-likeness (QED) is 0.580. The lowest BCUT2D eigenvalue weighted by atomic mass is 10.1. The number of hydrogen-bond donors (Lipinski definition) is 0. The Labute approximate surface area is 104 Å². The molecular weight excluding hydrogens is 243 g/mol. The van der Waals surface area contributed by atoms with Crippen LogP contribution in [0.3, 0.4) is 0 Å². The molecule has 0 saturated heterocycles. The first kappa shape index (κ1) is 14.3. The van der Waals surface area contributed by atoms with Gasteiger partial charge in [-0.1, -0.05) is 29.8 Å². The lowest BCUT2D eigenvalue weighted by Gasteiger charge is -2.09. The van der Waals surface area contributed by atoms with Crippen LogP contribution in [-0.4, -0.2) is 19.3 Å². The second kappa shape index (κ2) is 5.71. The first-order valence-electron chi connectivity index (χ1n) is 5.29. The van der Waals surface area contributed by atoms with E-state index in [0.717, 1.165) is 11.1 Å². The van der Waals surface area contributed by atoms with E-state index in [1.54, 1.807) is 6.92 Å². The molecule has 0 N–H and O–H groups in total. The number of aliphatic imine (C=N–C) groups is 1. The van der Waals surface area contributed by atoms with Crippen molar-refractivity contribution >= 4 is 11.5 Å². The minimum absolute atomic E-state index is 0.458. The van der Waals surface area contributed by atoms with Gasteiger partial charge < -0.3 is 4.74 Å². The van der Waals surface area contributed by atoms with Crippen LogP contribution in [0.25, 0.3) is 5.57 Å². The predicted octanol–water partition coefficient (Wildman–Crippen LogP) is 3.96. The van der Waals surface area contributed by atoms with Crippen LogP contribution in [0.4, 0.5) is 13.2 Å². The molecule has 2 nitrogen and oxygen atoms in total. The van der Waals surface area contributed by atoms with Crippen LogP contribution in [0.15, 0.2) is 35.3 Å². The predicted molar refractivity (Wildman–Crippen MR) is 65.3 cm³/mol. The summed E-state index contributed by atoms with van der Waals surface area (Å²) in [5.74, 6) is -0.458. The SMILES string of the molecule is CN=C(/C=C(\C)c1ccc(C)cc1)OC(F)(F)F. The van der Waals surface area contributed by atoms with E-state index in [1.807, 2.05) is 31.2 Å². The zero-order valence-electron chi connectivity index (χ0n) is 10.4. The van der Waals surface area contributed by atoms with Gasteiger partial charge in [-0.15, -0.1) is 13.2 Å². The van der Waals surface area contributed by atoms with Crippen molar-refractivity contribution in [2.75, 3.05) is 7.05 Å². The average Bonchev–Trinajstić information content (AvgIpc) is 2.27. The highest BCUT2D eigenvalue weighted by atomic mass is 19.4. The molecule has 0 aliphatic carbocycles. The summed E-state index contributed by atoms with van der Waals surface area (Å²) in [6, 6.07) is 7.45. The lowest BCUT2D eigenvalue weighted by molar-refractivity contribution is -0.282. The molecule has 0 saturated carbocycles. The molecule has 0 aliphatic rings. The molecular formula is C13H14F3NO. The van der Waals surface area contributed by atoms with E-state index >= 15 is 0 Å². The first-order valence-corrected chi connectivity index (χ1v) is 5.29. The van der Waals surface area contributed by atoms with Gasteiger partial charge in [-0.25, -0.2) is 0 Å². The Bertz CT molecular complexity index is 458. The van der Waals surface area contributed by atoms with E-state index in [2.05, 4.69) is 9.73 Å². The molecule has 0 aliphatic heterocycles. The maximum atomic E-state index is 12.1. The molecule has 18 heavy (non-hydrogen) atoms. The Balaban J connectivity index is 2.90. The van der Waals surface area contributed by atoms with Crippen molar-refractivity contribution in [3.8, 4) is 0 Å². The number of rotatable bonds is 2. The Morgan fingerprint density at radius 2 is 1.78 bits per heavy atom. The molecule has 1 aromatic rings. The molecule has 98 valence electrons. The molecule has 0 heterocycles. The molecule has 0 radical (unpaired) electrons. The van der Waals surface area contributed by atoms with Crippen molar-refractivity contribution in [3.63, 3.8) is 0 Å². The zero-order valence-corrected chi connectivity index (χ0v) is 10.4. The monoisotopic (exact) mass is 257 g/mol. The number of allylic oxidation sites excluding steroid dienone is 1. The fourth-order valence-corrected chi connectivity index (χ4v) is 1.34. The summed E-state index contributed by atoms with van der Waals surface area (Å²) < 4.78 is 40.0. The standard InChI is InChI=1S/C13H14F3NO/c1-9-4-6-11(7-5-9)10(2)8-12(17-3)18-13(14,15)16/h4-8H,1-3H3/b10-8+,17-12?. The normalized spacial score (nSPS) is 13.7. The third-order valence-corrected chi connectivity index (χ3v) is 2.29. The minimum atomic E-state index is -4.72. The van der Waals surface area contributed by atoms with Gasteiger partial charge in [-0.3, -0.25) is 4.99 Å². The van der Waals surface area contributed by atoms with E-state index in [1.165, 1.54) is 13.1 Å². The maximum Gasteiger partial charge on any atom is 0.574 e. The molecule has 0 bridgehead atoms. The van der Waals surface area contributed by atoms with Crippen molar-refractivity contribution in [1.29, 1.82) is 0 Å². The Hall–Kier alpha value is -1.78. The molecule has 1 rings (SSSR count). The summed E-state index contributed by atoms with van der Waals surface area (Å²) >= 11 is 0. The van der Waals surface area contributed by atoms with E-state index in [-0.39, 0.29) is 0 Å². The van der Waals surface area contributed by atoms with Crippen molar-refractivity contribution in [3.05, 3.63) is 41.5 Å². The highest BCUT2D eigenvalue weighted by Crippen LogP contribution is 2.19. The summed E-state index contributed by atoms with van der Waals surface area (Å²) in [6.07, 6.45) is -3.46. The van der Waals surface area contributed by atoms with Crippen LogP contribution < -0.4 is 0 Å². The number of ether oxygens (including phenoxy) is 1. The van der Waals surface area contributed by atoms with Crippen LogP contribution >= 0.6 is 0 Å². The van der Waals surface area contributed by atoms with Gasteiger partial charge in [0.25, 0.3) is 0 Å². The van der Waals surface area contributed by atoms with Crippen molar-refractivity contribution < 1.29 is 17.9 Å². The van der Waals surface area contributed by atoms with Gasteiger partial charge in [0.1, 0.15) is 0 Å². The molecule has 0 fully saturated rings. The maximum absolute atomic E-state index is 12.1. The summed E-state index contributed by atoms with van der Waals surface area (Å²) in [5.41, 5.74) is 2.56. The molecule has 0 amide bonds. The van der Waals surface area contributed by atoms with E-state index in [0.29, 0.717) is 5.57 Å². The molecule has 1 aromatic carbocycles. The Morgan fingerprint density at radius 3 is 2.22 bits per heavy atom. The lowest BCUT2D eigenvalue weighted by Crippen LogP contribution is -2.18. The third kappa shape index (κ3) is 4.61. The smallest absolute Gasteiger partial charge is 0.388 e. The molecule has 5 heteroatoms. The van der Waals surface area contributed by atoms with Gasteiger partial charge in [0.15, 0.2) is 0 Å². The van der Waals surface area contributed by atoms with Gasteiger partial charge in [0.05, 0.1) is 0 Å². The topological polar surface area (TPSA) is 21.6 Å². The summed E-state index contributed by atoms with van der Waals surface area (Å²) in [7, 11) is 1.25. The van der Waals surface area contributed by atoms with Crippen LogP contribution in [0, 0.1) is 6.92 Å². The Kier molecular flexibility index (Phi) is 4.53. The largest absolute Gasteiger partial charge is 0.574 e. The van der Waals surface area contributed by atoms with E-state index in [9.17, 15) is 13.2 Å². The van der Waals surface area contributed by atoms with Gasteiger partial charge in [-0.2, -0.15) is 0 Å². The van der Waals surface area contributed by atoms with Gasteiger partial charge in [-0.05, 0) is 25.0 Å². The molecule has 0 unspecified atom stereocenters. The van der Waals surface area contributed by atoms with Crippen LogP contribution in [0.1, 0.15) is 18.1 Å². The van der Waals surface area contributed by atoms with Gasteiger partial charge in [0, 0.05) is 13.1 Å². The molecule has 0 aromatic heterocycles. The van der Waals surface area contributed by atoms with Gasteiger partial charge in [0.2, 0.25) is 5.90 Å². The Morgan fingerprint density at radius 1 is 1.22 bits per heavy atom. The second-order valence-corrected chi connectivity index (χ2v) is 3.80. The minimum Gasteiger partial charge on any atom is -0.388 e. The number of alkyl halides is 3. The zero-order chi connectivity index (χ0) is 13.8. The number of benzene rings is 1. The number of aryl methyl sites for hydroxylation is 1. The van der Waals surface area contributed by atoms with E-state index in [4.69, 9.17) is 0 Å². The van der Waals surface area contributed by atoms with Crippen molar-refractivity contribution in [2.24, 2.45) is 4.99 Å². The summed E-state index contributed by atoms with van der Waals surface area (Å²) in [6.45, 7) is 3.64. The molecule has 0 spiro atoms. The van der Waals surface area contributed by atoms with Crippen LogP contribution in [-0.2, 0) is 4.74 Å². The average molecular weight is 257 g/mol. The van der Waals surface area contributed by atoms with Crippen molar-refractivity contribution in [2.45, 2.75) is 20.2 Å². The van der Waals surface area contributed by atoms with E-state index < -0.39 is 12.3 Å². The summed E-state index contributed by atoms with van der Waals surface area (Å²) in [5, 5.41) is 0. The van der Waals surface area contributed by atoms with Crippen molar-refractivity contribution in [1.82, 2.24) is 0 Å². The first-order chi connectivity index (χ1) is 8.31. The third-order valence-electron chi connectivity index (χ3n) is 2.29. The highest BCUT2D eigenvalue weighted by Gasteiger charge is 2.32. The second-order valence-electron chi connectivity index (χ2n) is 3.80. The highest BCUT2D eigenvalue weighted by molar-refractivity contribution is 5.95. The fourth-order valence-electron chi connectivity index (χ4n) is 1.34. The van der Waals surface area contributed by atoms with Crippen LogP contribution in [0.2, 0.25) is 0 Å². The fraction of sp³-hybridized carbons (Fsp3) is 0.308. The number of nitrogens with zero attached hydrogens (tertiary/aromatic N) is 1. The van der Waals surface area contributed by atoms with Gasteiger partial charge >= 0.3 is 6.36 Å².